The average Bonchev–Trinajstić information content (AvgIpc) is 1.67. The molecule has 0 aliphatic heterocycles. The van der Waals surface area contributed by atoms with Crippen LogP contribution in [-0.4, -0.2) is 31.2 Å². The normalized spacial score (nSPS) is 9.88. The van der Waals surface area contributed by atoms with Crippen LogP contribution in [0.15, 0.2) is 4.99 Å². The van der Waals surface area contributed by atoms with Crippen LogP contribution < -0.4 is 0 Å². The quantitative estimate of drug-likeness (QED) is 0.352. The van der Waals surface area contributed by atoms with Gasteiger partial charge in [0.25, 0.3) is 0 Å². The molecule has 3 nitrogen and oxygen atoms in total. The molecular formula is C5H10N2O. The molecule has 0 saturated heterocycles. The summed E-state index contributed by atoms with van der Waals surface area (Å²) >= 11 is 0. The van der Waals surface area contributed by atoms with Gasteiger partial charge < -0.3 is 4.90 Å². The highest BCUT2D eigenvalue weighted by Gasteiger charge is 1.93. The van der Waals surface area contributed by atoms with Crippen molar-refractivity contribution < 1.29 is 4.79 Å². The van der Waals surface area contributed by atoms with E-state index in [2.05, 4.69) is 4.99 Å². The average molecular weight is 114 g/mol. The Labute approximate surface area is 49.0 Å². The van der Waals surface area contributed by atoms with Crippen LogP contribution in [0.4, 0.5) is 0 Å². The highest BCUT2D eigenvalue weighted by atomic mass is 16.2. The molecule has 0 atom stereocenters. The zero-order valence-corrected chi connectivity index (χ0v) is 5.38. The van der Waals surface area contributed by atoms with Gasteiger partial charge in [-0.15, -0.1) is 0 Å². The minimum Gasteiger partial charge on any atom is -0.307 e. The summed E-state index contributed by atoms with van der Waals surface area (Å²) in [4.78, 5) is 15.4. The summed E-state index contributed by atoms with van der Waals surface area (Å²) in [6.45, 7) is 1.49. The van der Waals surface area contributed by atoms with Gasteiger partial charge in [0.2, 0.25) is 5.91 Å². The Hall–Kier alpha value is -0.860. The molecule has 0 aliphatic rings. The molecule has 0 heterocycles. The lowest BCUT2D eigenvalue weighted by Gasteiger charge is -2.04. The number of rotatable bonds is 1. The molecule has 0 rings (SSSR count). The molecule has 0 radical (unpaired) electrons. The van der Waals surface area contributed by atoms with E-state index in [-0.39, 0.29) is 5.91 Å². The van der Waals surface area contributed by atoms with Gasteiger partial charge in [-0.3, -0.25) is 9.79 Å². The monoisotopic (exact) mass is 114 g/mol. The molecule has 1 amide bonds. The molecule has 0 spiro atoms. The standard InChI is InChI=1S/C5H10N2O/c1-5(8)7(3)4-6-2/h4H,1-3H3/b6-4-. The fraction of sp³-hybridized carbons (Fsp3) is 0.600. The van der Waals surface area contributed by atoms with Gasteiger partial charge in [0.05, 0.1) is 6.34 Å². The minimum absolute atomic E-state index is 0.00407. The largest absolute Gasteiger partial charge is 0.307 e. The third kappa shape index (κ3) is 2.34. The van der Waals surface area contributed by atoms with Crippen LogP contribution in [0.2, 0.25) is 0 Å². The van der Waals surface area contributed by atoms with Gasteiger partial charge in [-0.1, -0.05) is 0 Å². The van der Waals surface area contributed by atoms with Gasteiger partial charge in [-0.05, 0) is 0 Å². The number of hydrogen-bond acceptors (Lipinski definition) is 2. The highest BCUT2D eigenvalue weighted by molar-refractivity contribution is 5.85. The van der Waals surface area contributed by atoms with E-state index in [0.717, 1.165) is 0 Å². The maximum atomic E-state index is 10.4. The SMILES string of the molecule is C/N=C\N(C)C(C)=O. The van der Waals surface area contributed by atoms with Crippen molar-refractivity contribution in [3.8, 4) is 0 Å². The van der Waals surface area contributed by atoms with Crippen LogP contribution in [0.3, 0.4) is 0 Å². The first kappa shape index (κ1) is 7.14. The van der Waals surface area contributed by atoms with Crippen LogP contribution >= 0.6 is 0 Å². The van der Waals surface area contributed by atoms with Gasteiger partial charge in [0.15, 0.2) is 0 Å². The van der Waals surface area contributed by atoms with Crippen LogP contribution in [0.25, 0.3) is 0 Å². The molecule has 8 heavy (non-hydrogen) atoms. The Kier molecular flexibility index (Phi) is 2.84. The van der Waals surface area contributed by atoms with Crippen molar-refractivity contribution in [2.75, 3.05) is 14.1 Å². The third-order valence-electron chi connectivity index (χ3n) is 0.785. The maximum Gasteiger partial charge on any atom is 0.224 e. The van der Waals surface area contributed by atoms with Crippen molar-refractivity contribution in [1.82, 2.24) is 4.90 Å². The number of nitrogens with zero attached hydrogens (tertiary/aromatic N) is 2. The molecular weight excluding hydrogens is 104 g/mol. The lowest BCUT2D eigenvalue weighted by atomic mass is 10.6. The lowest BCUT2D eigenvalue weighted by Crippen LogP contribution is -2.21. The van der Waals surface area contributed by atoms with Gasteiger partial charge in [0, 0.05) is 21.0 Å². The van der Waals surface area contributed by atoms with Gasteiger partial charge in [-0.2, -0.15) is 0 Å². The zero-order chi connectivity index (χ0) is 6.57. The van der Waals surface area contributed by atoms with E-state index in [0.29, 0.717) is 0 Å². The summed E-state index contributed by atoms with van der Waals surface area (Å²) in [5, 5.41) is 0. The summed E-state index contributed by atoms with van der Waals surface area (Å²) in [7, 11) is 3.29. The van der Waals surface area contributed by atoms with Gasteiger partial charge in [0.1, 0.15) is 0 Å². The van der Waals surface area contributed by atoms with Crippen LogP contribution in [0.1, 0.15) is 6.92 Å². The fourth-order valence-electron chi connectivity index (χ4n) is 0.255. The Balaban J connectivity index is 3.64. The van der Waals surface area contributed by atoms with Crippen molar-refractivity contribution in [2.45, 2.75) is 6.92 Å². The summed E-state index contributed by atoms with van der Waals surface area (Å²) in [6, 6.07) is 0. The van der Waals surface area contributed by atoms with Crippen molar-refractivity contribution in [3.63, 3.8) is 0 Å². The van der Waals surface area contributed by atoms with Crippen LogP contribution in [-0.2, 0) is 4.79 Å². The molecule has 0 aliphatic carbocycles. The topological polar surface area (TPSA) is 32.7 Å². The molecule has 3 heteroatoms. The first-order chi connectivity index (χ1) is 3.68. The molecule has 0 aromatic heterocycles. The van der Waals surface area contributed by atoms with E-state index in [1.54, 1.807) is 14.1 Å². The Morgan fingerprint density at radius 3 is 2.38 bits per heavy atom. The number of amides is 1. The molecule has 0 unspecified atom stereocenters. The van der Waals surface area contributed by atoms with Crippen molar-refractivity contribution in [2.24, 2.45) is 4.99 Å². The molecule has 0 aromatic rings. The van der Waals surface area contributed by atoms with Crippen molar-refractivity contribution in [1.29, 1.82) is 0 Å². The zero-order valence-electron chi connectivity index (χ0n) is 5.38. The summed E-state index contributed by atoms with van der Waals surface area (Å²) in [5.74, 6) is -0.00407. The molecule has 0 N–H and O–H groups in total. The first-order valence-corrected chi connectivity index (χ1v) is 2.34. The van der Waals surface area contributed by atoms with E-state index < -0.39 is 0 Å². The predicted octanol–water partition coefficient (Wildman–Crippen LogP) is 0.123. The van der Waals surface area contributed by atoms with E-state index in [1.807, 2.05) is 0 Å². The molecule has 0 aromatic carbocycles. The Morgan fingerprint density at radius 2 is 2.25 bits per heavy atom. The second-order valence-electron chi connectivity index (χ2n) is 1.50. The highest BCUT2D eigenvalue weighted by Crippen LogP contribution is 1.74. The third-order valence-corrected chi connectivity index (χ3v) is 0.785. The van der Waals surface area contributed by atoms with Gasteiger partial charge >= 0.3 is 0 Å². The predicted molar refractivity (Wildman–Crippen MR) is 32.9 cm³/mol. The van der Waals surface area contributed by atoms with E-state index in [9.17, 15) is 4.79 Å². The first-order valence-electron chi connectivity index (χ1n) is 2.34. The van der Waals surface area contributed by atoms with E-state index >= 15 is 0 Å². The Morgan fingerprint density at radius 1 is 1.75 bits per heavy atom. The number of aliphatic imine (C=N–C) groups is 1. The van der Waals surface area contributed by atoms with Crippen LogP contribution in [0, 0.1) is 0 Å². The van der Waals surface area contributed by atoms with Gasteiger partial charge in [-0.25, -0.2) is 0 Å². The number of hydrogen-bond donors (Lipinski definition) is 0. The van der Waals surface area contributed by atoms with E-state index in [4.69, 9.17) is 0 Å². The number of carbonyl (C=O) groups is 1. The molecule has 0 fully saturated rings. The summed E-state index contributed by atoms with van der Waals surface area (Å²) in [6.07, 6.45) is 1.47. The second-order valence-corrected chi connectivity index (χ2v) is 1.50. The molecule has 0 bridgehead atoms. The van der Waals surface area contributed by atoms with Crippen molar-refractivity contribution >= 4 is 12.2 Å². The fourth-order valence-corrected chi connectivity index (χ4v) is 0.255. The molecule has 0 saturated carbocycles. The smallest absolute Gasteiger partial charge is 0.224 e. The Bertz CT molecular complexity index is 109. The minimum atomic E-state index is -0.00407. The summed E-state index contributed by atoms with van der Waals surface area (Å²) < 4.78 is 0. The summed E-state index contributed by atoms with van der Waals surface area (Å²) in [5.41, 5.74) is 0. The number of carbonyl (C=O) groups excluding carboxylic acids is 1. The van der Waals surface area contributed by atoms with Crippen LogP contribution in [0.5, 0.6) is 0 Å². The van der Waals surface area contributed by atoms with E-state index in [1.165, 1.54) is 18.2 Å². The second kappa shape index (κ2) is 3.18. The molecule has 46 valence electrons. The lowest BCUT2D eigenvalue weighted by molar-refractivity contribution is -0.123. The maximum absolute atomic E-state index is 10.4. The van der Waals surface area contributed by atoms with Crippen molar-refractivity contribution in [3.05, 3.63) is 0 Å².